The lowest BCUT2D eigenvalue weighted by Crippen LogP contribution is -2.25. The molecule has 1 saturated heterocycles. The van der Waals surface area contributed by atoms with Crippen LogP contribution in [0.25, 0.3) is 0 Å². The molecule has 1 aliphatic heterocycles. The van der Waals surface area contributed by atoms with Crippen LogP contribution in [0.5, 0.6) is 0 Å². The Bertz CT molecular complexity index is 130. The second kappa shape index (κ2) is 3.28. The van der Waals surface area contributed by atoms with E-state index >= 15 is 0 Å². The van der Waals surface area contributed by atoms with E-state index in [0.717, 1.165) is 18.7 Å². The second-order valence-corrected chi connectivity index (χ2v) is 3.89. The zero-order valence-electron chi connectivity index (χ0n) is 6.46. The molecule has 58 valence electrons. The Kier molecular flexibility index (Phi) is 2.60. The summed E-state index contributed by atoms with van der Waals surface area (Å²) in [5.74, 6) is 1.55. The molecule has 0 saturated carbocycles. The van der Waals surface area contributed by atoms with Gasteiger partial charge in [-0.05, 0) is 18.4 Å². The summed E-state index contributed by atoms with van der Waals surface area (Å²) in [6.45, 7) is 4.84. The van der Waals surface area contributed by atoms with Gasteiger partial charge in [0.15, 0.2) is 0 Å². The van der Waals surface area contributed by atoms with Gasteiger partial charge in [0.1, 0.15) is 0 Å². The minimum absolute atomic E-state index is 0.158. The Morgan fingerprint density at radius 1 is 1.60 bits per heavy atom. The van der Waals surface area contributed by atoms with E-state index in [9.17, 15) is 4.79 Å². The average Bonchev–Trinajstić information content (AvgIpc) is 2.36. The molecule has 1 amide bonds. The van der Waals surface area contributed by atoms with Crippen LogP contribution in [0.15, 0.2) is 0 Å². The van der Waals surface area contributed by atoms with Crippen LogP contribution in [0.4, 0.5) is 0 Å². The number of nitrogens with zero attached hydrogens (tertiary/aromatic N) is 1. The first kappa shape index (κ1) is 7.92. The van der Waals surface area contributed by atoms with E-state index < -0.39 is 0 Å². The van der Waals surface area contributed by atoms with E-state index in [2.05, 4.69) is 0 Å². The molecular formula is C7H13NOS. The zero-order valence-corrected chi connectivity index (χ0v) is 7.28. The summed E-state index contributed by atoms with van der Waals surface area (Å²) in [5.41, 5.74) is 0. The Morgan fingerprint density at radius 3 is 2.70 bits per heavy atom. The van der Waals surface area contributed by atoms with E-state index in [-0.39, 0.29) is 11.8 Å². The average molecular weight is 159 g/mol. The molecule has 0 radical (unpaired) electrons. The molecule has 10 heavy (non-hydrogen) atoms. The van der Waals surface area contributed by atoms with Gasteiger partial charge in [0.2, 0.25) is 5.91 Å². The minimum Gasteiger partial charge on any atom is -0.286 e. The van der Waals surface area contributed by atoms with Gasteiger partial charge in [0, 0.05) is 18.2 Å². The lowest BCUT2D eigenvalue weighted by atomic mass is 10.2. The number of hydrogen-bond acceptors (Lipinski definition) is 2. The summed E-state index contributed by atoms with van der Waals surface area (Å²) < 4.78 is 1.88. The van der Waals surface area contributed by atoms with Gasteiger partial charge in [0.25, 0.3) is 0 Å². The van der Waals surface area contributed by atoms with Crippen molar-refractivity contribution in [2.45, 2.75) is 20.3 Å². The van der Waals surface area contributed by atoms with Crippen molar-refractivity contribution in [1.82, 2.24) is 4.31 Å². The van der Waals surface area contributed by atoms with Gasteiger partial charge < -0.3 is 0 Å². The molecule has 0 spiro atoms. The highest BCUT2D eigenvalue weighted by atomic mass is 32.2. The molecule has 1 heterocycles. The molecule has 0 aromatic heterocycles. The maximum absolute atomic E-state index is 11.3. The SMILES string of the molecule is CC(C)C(=O)N1CCCS1. The molecule has 0 aliphatic carbocycles. The van der Waals surface area contributed by atoms with Gasteiger partial charge in [-0.3, -0.25) is 9.10 Å². The largest absolute Gasteiger partial charge is 0.286 e. The van der Waals surface area contributed by atoms with Crippen molar-refractivity contribution >= 4 is 17.9 Å². The van der Waals surface area contributed by atoms with E-state index in [4.69, 9.17) is 0 Å². The molecule has 0 unspecified atom stereocenters. The van der Waals surface area contributed by atoms with Crippen molar-refractivity contribution in [3.63, 3.8) is 0 Å². The minimum atomic E-state index is 0.158. The van der Waals surface area contributed by atoms with E-state index in [1.54, 1.807) is 11.9 Å². The summed E-state index contributed by atoms with van der Waals surface area (Å²) in [6, 6.07) is 0. The van der Waals surface area contributed by atoms with E-state index in [1.165, 1.54) is 0 Å². The summed E-state index contributed by atoms with van der Waals surface area (Å²) in [7, 11) is 0. The predicted octanol–water partition coefficient (Wildman–Crippen LogP) is 1.52. The Labute approximate surface area is 66.1 Å². The molecule has 3 heteroatoms. The fourth-order valence-electron chi connectivity index (χ4n) is 0.909. The predicted molar refractivity (Wildman–Crippen MR) is 43.6 cm³/mol. The summed E-state index contributed by atoms with van der Waals surface area (Å²) >= 11 is 1.66. The number of carbonyl (C=O) groups excluding carboxylic acids is 1. The van der Waals surface area contributed by atoms with Crippen molar-refractivity contribution < 1.29 is 4.79 Å². The van der Waals surface area contributed by atoms with Crippen molar-refractivity contribution in [1.29, 1.82) is 0 Å². The number of amides is 1. The van der Waals surface area contributed by atoms with Crippen molar-refractivity contribution in [2.75, 3.05) is 12.3 Å². The Balaban J connectivity index is 2.40. The van der Waals surface area contributed by atoms with Crippen LogP contribution in [-0.4, -0.2) is 22.5 Å². The zero-order chi connectivity index (χ0) is 7.56. The highest BCUT2D eigenvalue weighted by molar-refractivity contribution is 7.97. The van der Waals surface area contributed by atoms with Crippen LogP contribution in [0.2, 0.25) is 0 Å². The third kappa shape index (κ3) is 1.66. The topological polar surface area (TPSA) is 20.3 Å². The molecule has 2 nitrogen and oxygen atoms in total. The van der Waals surface area contributed by atoms with Gasteiger partial charge >= 0.3 is 0 Å². The molecule has 0 aromatic carbocycles. The summed E-state index contributed by atoms with van der Waals surface area (Å²) in [5, 5.41) is 0. The molecule has 1 fully saturated rings. The number of hydrogen-bond donors (Lipinski definition) is 0. The molecule has 0 aromatic rings. The fraction of sp³-hybridized carbons (Fsp3) is 0.857. The molecule has 1 rings (SSSR count). The van der Waals surface area contributed by atoms with Gasteiger partial charge in [-0.15, -0.1) is 0 Å². The van der Waals surface area contributed by atoms with Crippen molar-refractivity contribution in [3.8, 4) is 0 Å². The van der Waals surface area contributed by atoms with Crippen LogP contribution in [0.3, 0.4) is 0 Å². The van der Waals surface area contributed by atoms with Crippen molar-refractivity contribution in [2.24, 2.45) is 5.92 Å². The molecule has 1 aliphatic rings. The van der Waals surface area contributed by atoms with Gasteiger partial charge in [-0.2, -0.15) is 0 Å². The molecular weight excluding hydrogens is 146 g/mol. The first-order valence-corrected chi connectivity index (χ1v) is 4.60. The van der Waals surface area contributed by atoms with Gasteiger partial charge in [-0.1, -0.05) is 13.8 Å². The first-order chi connectivity index (χ1) is 4.72. The Morgan fingerprint density at radius 2 is 2.30 bits per heavy atom. The van der Waals surface area contributed by atoms with E-state index in [1.807, 2.05) is 18.2 Å². The van der Waals surface area contributed by atoms with Gasteiger partial charge in [-0.25, -0.2) is 0 Å². The third-order valence-electron chi connectivity index (χ3n) is 1.49. The van der Waals surface area contributed by atoms with Crippen LogP contribution >= 0.6 is 11.9 Å². The van der Waals surface area contributed by atoms with Gasteiger partial charge in [0.05, 0.1) is 0 Å². The quantitative estimate of drug-likeness (QED) is 0.541. The molecule has 0 N–H and O–H groups in total. The lowest BCUT2D eigenvalue weighted by Gasteiger charge is -2.15. The second-order valence-electron chi connectivity index (χ2n) is 2.78. The standard InChI is InChI=1S/C7H13NOS/c1-6(2)7(9)8-4-3-5-10-8/h6H,3-5H2,1-2H3. The van der Waals surface area contributed by atoms with Crippen LogP contribution in [0.1, 0.15) is 20.3 Å². The van der Waals surface area contributed by atoms with Crippen LogP contribution in [0, 0.1) is 5.92 Å². The fourth-order valence-corrected chi connectivity index (χ4v) is 1.98. The molecule has 0 atom stereocenters. The third-order valence-corrected chi connectivity index (χ3v) is 2.64. The highest BCUT2D eigenvalue weighted by Crippen LogP contribution is 2.21. The van der Waals surface area contributed by atoms with E-state index in [0.29, 0.717) is 0 Å². The smallest absolute Gasteiger partial charge is 0.234 e. The number of carbonyl (C=O) groups is 1. The highest BCUT2D eigenvalue weighted by Gasteiger charge is 2.20. The summed E-state index contributed by atoms with van der Waals surface area (Å²) in [6.07, 6.45) is 1.16. The Hall–Kier alpha value is -0.180. The lowest BCUT2D eigenvalue weighted by molar-refractivity contribution is -0.128. The van der Waals surface area contributed by atoms with Crippen LogP contribution < -0.4 is 0 Å². The first-order valence-electron chi connectivity index (χ1n) is 3.66. The maximum Gasteiger partial charge on any atom is 0.234 e. The van der Waals surface area contributed by atoms with Crippen LogP contribution in [-0.2, 0) is 4.79 Å². The normalized spacial score (nSPS) is 18.5. The number of rotatable bonds is 1. The monoisotopic (exact) mass is 159 g/mol. The maximum atomic E-state index is 11.3. The summed E-state index contributed by atoms with van der Waals surface area (Å²) in [4.78, 5) is 11.3. The molecule has 0 bridgehead atoms. The van der Waals surface area contributed by atoms with Crippen molar-refractivity contribution in [3.05, 3.63) is 0 Å².